The molecule has 0 aliphatic heterocycles. The third kappa shape index (κ3) is 6.16. The molecule has 0 spiro atoms. The molecule has 0 N–H and O–H groups in total. The van der Waals surface area contributed by atoms with Gasteiger partial charge in [0.1, 0.15) is 11.2 Å². The molecule has 0 amide bonds. The fraction of sp³-hybridized carbons (Fsp3) is 0. The zero-order valence-corrected chi connectivity index (χ0v) is 37.2. The number of aromatic nitrogens is 5. The lowest BCUT2D eigenvalue weighted by molar-refractivity contribution is 0.670. The van der Waals surface area contributed by atoms with Crippen molar-refractivity contribution < 1.29 is 4.42 Å². The van der Waals surface area contributed by atoms with Crippen LogP contribution in [0.3, 0.4) is 0 Å². The molecular weight excluding hydrogens is 843 g/mol. The van der Waals surface area contributed by atoms with Crippen molar-refractivity contribution in [2.75, 3.05) is 0 Å². The zero-order valence-electron chi connectivity index (χ0n) is 37.2. The van der Waals surface area contributed by atoms with Gasteiger partial charge in [-0.2, -0.15) is 0 Å². The van der Waals surface area contributed by atoms with E-state index in [1.165, 1.54) is 16.2 Å². The third-order valence-corrected chi connectivity index (χ3v) is 13.6. The van der Waals surface area contributed by atoms with Crippen molar-refractivity contribution in [1.82, 2.24) is 24.1 Å². The Kier molecular flexibility index (Phi) is 8.79. The summed E-state index contributed by atoms with van der Waals surface area (Å²) in [6.07, 6.45) is 0. The van der Waals surface area contributed by atoms with Crippen LogP contribution in [-0.4, -0.2) is 24.1 Å². The van der Waals surface area contributed by atoms with E-state index in [1.54, 1.807) is 0 Å². The van der Waals surface area contributed by atoms with Crippen molar-refractivity contribution in [3.8, 4) is 67.8 Å². The lowest BCUT2D eigenvalue weighted by atomic mass is 9.91. The SMILES string of the molecule is c1ccc(-c2nc(-c3ccccc3)nc(-c3cccc4oc5c(-c6cccc7c6c6ccccc6n7-c6ccccc6)cc(-c6cccc7c6c6ccccc6n7-c6ccccc6)cc5c34)n2)cc1. The first-order valence-corrected chi connectivity index (χ1v) is 23.3. The summed E-state index contributed by atoms with van der Waals surface area (Å²) in [6, 6.07) is 83.3. The van der Waals surface area contributed by atoms with E-state index >= 15 is 0 Å². The van der Waals surface area contributed by atoms with Gasteiger partial charge >= 0.3 is 0 Å². The summed E-state index contributed by atoms with van der Waals surface area (Å²) in [5.74, 6) is 1.78. The normalized spacial score (nSPS) is 11.8. The van der Waals surface area contributed by atoms with E-state index in [4.69, 9.17) is 19.4 Å². The van der Waals surface area contributed by atoms with Gasteiger partial charge in [0.2, 0.25) is 0 Å². The fourth-order valence-electron chi connectivity index (χ4n) is 10.6. The van der Waals surface area contributed by atoms with E-state index < -0.39 is 0 Å². The number of hydrogen-bond donors (Lipinski definition) is 0. The molecule has 0 radical (unpaired) electrons. The smallest absolute Gasteiger partial charge is 0.164 e. The standard InChI is InChI=1S/C63H39N5O/c1-5-20-40(21-6-1)61-64-62(41-22-7-2-8-23-41)66-63(65-61)49-32-19-37-56-59(49)51-39-42(45-30-17-35-54-57(45)47-28-13-15-33-52(47)67(54)43-24-9-3-10-25-43)38-50(60(51)69-56)46-31-18-36-55-58(46)48-29-14-16-34-53(48)68(55)44-26-11-4-12-27-44/h1-39H. The molecule has 0 aliphatic rings. The molecule has 322 valence electrons. The zero-order chi connectivity index (χ0) is 45.4. The molecule has 4 heterocycles. The average molecular weight is 882 g/mol. The predicted octanol–water partition coefficient (Wildman–Crippen LogP) is 16.3. The molecule has 4 aromatic heterocycles. The molecule has 0 unspecified atom stereocenters. The number of benzene rings is 10. The molecule has 0 aliphatic carbocycles. The van der Waals surface area contributed by atoms with Gasteiger partial charge in [-0.05, 0) is 83.4 Å². The Hall–Kier alpha value is -9.39. The van der Waals surface area contributed by atoms with E-state index in [0.29, 0.717) is 17.5 Å². The lowest BCUT2D eigenvalue weighted by Gasteiger charge is -2.13. The highest BCUT2D eigenvalue weighted by atomic mass is 16.3. The van der Waals surface area contributed by atoms with Crippen LogP contribution in [0.2, 0.25) is 0 Å². The molecule has 14 aromatic rings. The van der Waals surface area contributed by atoms with Gasteiger partial charge in [-0.25, -0.2) is 15.0 Å². The predicted molar refractivity (Wildman–Crippen MR) is 283 cm³/mol. The van der Waals surface area contributed by atoms with Crippen LogP contribution in [0, 0.1) is 0 Å². The molecule has 10 aromatic carbocycles. The van der Waals surface area contributed by atoms with E-state index in [2.05, 4.69) is 179 Å². The first-order chi connectivity index (χ1) is 34.2. The number of fused-ring (bicyclic) bond motifs is 9. The van der Waals surface area contributed by atoms with E-state index in [-0.39, 0.29) is 0 Å². The first-order valence-electron chi connectivity index (χ1n) is 23.3. The fourth-order valence-corrected chi connectivity index (χ4v) is 10.6. The molecular formula is C63H39N5O. The summed E-state index contributed by atoms with van der Waals surface area (Å²) in [5.41, 5.74) is 15.3. The van der Waals surface area contributed by atoms with Gasteiger partial charge in [-0.3, -0.25) is 0 Å². The molecule has 6 nitrogen and oxygen atoms in total. The third-order valence-electron chi connectivity index (χ3n) is 13.6. The highest BCUT2D eigenvalue weighted by molar-refractivity contribution is 6.23. The first kappa shape index (κ1) is 38.8. The number of rotatable bonds is 7. The van der Waals surface area contributed by atoms with Gasteiger partial charge in [0.05, 0.1) is 22.1 Å². The van der Waals surface area contributed by atoms with Gasteiger partial charge in [-0.15, -0.1) is 0 Å². The maximum Gasteiger partial charge on any atom is 0.164 e. The second-order valence-electron chi connectivity index (χ2n) is 17.5. The van der Waals surface area contributed by atoms with Crippen molar-refractivity contribution in [1.29, 1.82) is 0 Å². The molecule has 0 fully saturated rings. The molecule has 6 heteroatoms. The topological polar surface area (TPSA) is 61.7 Å². The quantitative estimate of drug-likeness (QED) is 0.160. The summed E-state index contributed by atoms with van der Waals surface area (Å²) in [4.78, 5) is 15.5. The Balaban J connectivity index is 1.11. The Bertz CT molecular complexity index is 4230. The second-order valence-corrected chi connectivity index (χ2v) is 17.5. The van der Waals surface area contributed by atoms with Crippen molar-refractivity contribution >= 4 is 65.6 Å². The van der Waals surface area contributed by atoms with Gasteiger partial charge in [0.15, 0.2) is 17.5 Å². The monoisotopic (exact) mass is 881 g/mol. The molecule has 69 heavy (non-hydrogen) atoms. The van der Waals surface area contributed by atoms with E-state index in [9.17, 15) is 0 Å². The van der Waals surface area contributed by atoms with Crippen LogP contribution in [0.5, 0.6) is 0 Å². The minimum absolute atomic E-state index is 0.573. The summed E-state index contributed by atoms with van der Waals surface area (Å²) in [7, 11) is 0. The highest BCUT2D eigenvalue weighted by Gasteiger charge is 2.25. The Morgan fingerprint density at radius 1 is 0.290 bits per heavy atom. The van der Waals surface area contributed by atoms with Gasteiger partial charge in [-0.1, -0.05) is 170 Å². The maximum atomic E-state index is 7.21. The Labute approximate surface area is 396 Å². The van der Waals surface area contributed by atoms with Gasteiger partial charge in [0, 0.05) is 65.9 Å². The molecule has 0 atom stereocenters. The minimum atomic E-state index is 0.573. The molecule has 0 bridgehead atoms. The largest absolute Gasteiger partial charge is 0.455 e. The van der Waals surface area contributed by atoms with Crippen molar-refractivity contribution in [2.24, 2.45) is 0 Å². The molecule has 0 saturated heterocycles. The summed E-state index contributed by atoms with van der Waals surface area (Å²) in [6.45, 7) is 0. The average Bonchev–Trinajstić information content (AvgIpc) is 4.10. The molecule has 0 saturated carbocycles. The Morgan fingerprint density at radius 2 is 0.739 bits per heavy atom. The van der Waals surface area contributed by atoms with Crippen LogP contribution in [-0.2, 0) is 0 Å². The van der Waals surface area contributed by atoms with E-state index in [0.717, 1.165) is 99.7 Å². The van der Waals surface area contributed by atoms with Crippen LogP contribution in [0.15, 0.2) is 241 Å². The van der Waals surface area contributed by atoms with Crippen LogP contribution in [0.4, 0.5) is 0 Å². The summed E-state index contributed by atoms with van der Waals surface area (Å²) >= 11 is 0. The number of nitrogens with zero attached hydrogens (tertiary/aromatic N) is 5. The maximum absolute atomic E-state index is 7.21. The van der Waals surface area contributed by atoms with Crippen molar-refractivity contribution in [3.05, 3.63) is 237 Å². The number of para-hydroxylation sites is 4. The van der Waals surface area contributed by atoms with Crippen molar-refractivity contribution in [3.63, 3.8) is 0 Å². The summed E-state index contributed by atoms with van der Waals surface area (Å²) < 4.78 is 12.0. The van der Waals surface area contributed by atoms with Crippen LogP contribution < -0.4 is 0 Å². The lowest BCUT2D eigenvalue weighted by Crippen LogP contribution is -2.00. The van der Waals surface area contributed by atoms with Crippen molar-refractivity contribution in [2.45, 2.75) is 0 Å². The molecule has 14 rings (SSSR count). The van der Waals surface area contributed by atoms with Crippen LogP contribution in [0.25, 0.3) is 133 Å². The van der Waals surface area contributed by atoms with Crippen LogP contribution in [0.1, 0.15) is 0 Å². The number of hydrogen-bond acceptors (Lipinski definition) is 4. The summed E-state index contributed by atoms with van der Waals surface area (Å²) in [5, 5.41) is 6.62. The van der Waals surface area contributed by atoms with E-state index in [1.807, 2.05) is 66.7 Å². The number of furan rings is 1. The second kappa shape index (κ2) is 15.6. The van der Waals surface area contributed by atoms with Gasteiger partial charge in [0.25, 0.3) is 0 Å². The minimum Gasteiger partial charge on any atom is -0.455 e. The highest BCUT2D eigenvalue weighted by Crippen LogP contribution is 2.48. The van der Waals surface area contributed by atoms with Crippen LogP contribution >= 0.6 is 0 Å². The Morgan fingerprint density at radius 3 is 1.32 bits per heavy atom. The van der Waals surface area contributed by atoms with Gasteiger partial charge < -0.3 is 13.6 Å².